The molecule has 0 aliphatic carbocycles. The van der Waals surface area contributed by atoms with Crippen LogP contribution in [0.3, 0.4) is 0 Å². The summed E-state index contributed by atoms with van der Waals surface area (Å²) in [5.41, 5.74) is 0.658. The van der Waals surface area contributed by atoms with E-state index in [1.54, 1.807) is 43.3 Å². The molecular weight excluding hydrogens is 322 g/mol. The van der Waals surface area contributed by atoms with Gasteiger partial charge in [0, 0.05) is 11.6 Å². The molecule has 0 bridgehead atoms. The topological polar surface area (TPSA) is 85.9 Å². The molecule has 3 aromatic rings. The zero-order chi connectivity index (χ0) is 18.0. The van der Waals surface area contributed by atoms with Crippen LogP contribution < -0.4 is 15.0 Å². The maximum atomic E-state index is 12.8. The van der Waals surface area contributed by atoms with E-state index in [4.69, 9.17) is 9.47 Å². The first kappa shape index (κ1) is 16.5. The number of hydrogen-bond donors (Lipinski definition) is 1. The van der Waals surface area contributed by atoms with Gasteiger partial charge in [0.05, 0.1) is 31.3 Å². The number of para-hydroxylation sites is 1. The van der Waals surface area contributed by atoms with E-state index in [0.29, 0.717) is 33.8 Å². The van der Waals surface area contributed by atoms with Gasteiger partial charge >= 0.3 is 0 Å². The fraction of sp³-hybridized carbons (Fsp3) is 0.167. The number of hydrogen-bond acceptors (Lipinski definition) is 6. The van der Waals surface area contributed by atoms with Gasteiger partial charge in [0.25, 0.3) is 5.56 Å². The molecule has 2 aromatic carbocycles. The van der Waals surface area contributed by atoms with E-state index in [1.165, 1.54) is 25.1 Å². The van der Waals surface area contributed by atoms with E-state index >= 15 is 0 Å². The zero-order valence-electron chi connectivity index (χ0n) is 14.1. The molecule has 0 atom stereocenters. The molecule has 25 heavy (non-hydrogen) atoms. The third-order valence-corrected chi connectivity index (χ3v) is 3.76. The Morgan fingerprint density at radius 2 is 1.84 bits per heavy atom. The molecule has 7 nitrogen and oxygen atoms in total. The average Bonchev–Trinajstić information content (AvgIpc) is 2.62. The van der Waals surface area contributed by atoms with Gasteiger partial charge in [-0.15, -0.1) is 0 Å². The van der Waals surface area contributed by atoms with Gasteiger partial charge in [0.2, 0.25) is 0 Å². The lowest BCUT2D eigenvalue weighted by molar-refractivity contribution is 0.355. The van der Waals surface area contributed by atoms with Crippen molar-refractivity contribution in [2.24, 2.45) is 5.10 Å². The van der Waals surface area contributed by atoms with E-state index in [-0.39, 0.29) is 11.3 Å². The van der Waals surface area contributed by atoms with Gasteiger partial charge in [-0.05, 0) is 25.1 Å². The van der Waals surface area contributed by atoms with Gasteiger partial charge in [0.15, 0.2) is 11.5 Å². The highest BCUT2D eigenvalue weighted by molar-refractivity contribution is 5.84. The van der Waals surface area contributed by atoms with E-state index in [0.717, 1.165) is 0 Å². The molecule has 7 heteroatoms. The Kier molecular flexibility index (Phi) is 4.38. The van der Waals surface area contributed by atoms with Crippen molar-refractivity contribution in [1.29, 1.82) is 0 Å². The monoisotopic (exact) mass is 339 g/mol. The minimum atomic E-state index is -0.338. The van der Waals surface area contributed by atoms with Crippen molar-refractivity contribution in [2.75, 3.05) is 14.2 Å². The first-order chi connectivity index (χ1) is 12.0. The number of benzene rings is 2. The zero-order valence-corrected chi connectivity index (χ0v) is 14.1. The van der Waals surface area contributed by atoms with E-state index in [2.05, 4.69) is 10.1 Å². The van der Waals surface area contributed by atoms with Gasteiger partial charge < -0.3 is 14.6 Å². The second-order valence-electron chi connectivity index (χ2n) is 5.30. The quantitative estimate of drug-likeness (QED) is 0.737. The van der Waals surface area contributed by atoms with Crippen molar-refractivity contribution in [3.63, 3.8) is 0 Å². The summed E-state index contributed by atoms with van der Waals surface area (Å²) < 4.78 is 11.7. The first-order valence-corrected chi connectivity index (χ1v) is 7.53. The molecule has 0 spiro atoms. The van der Waals surface area contributed by atoms with Crippen LogP contribution in [0.15, 0.2) is 46.3 Å². The molecule has 0 unspecified atom stereocenters. The molecule has 1 N–H and O–H groups in total. The standard InChI is InChI=1S/C18H17N3O4/c1-11-20-14-9-17(25-3)16(24-2)8-13(14)18(23)21(11)19-10-12-6-4-5-7-15(12)22/h4-10,22H,1-3H3. The number of phenolic OH excluding ortho intramolecular Hbond substituents is 1. The van der Waals surface area contributed by atoms with Crippen LogP contribution in [0.2, 0.25) is 0 Å². The molecule has 0 fully saturated rings. The van der Waals surface area contributed by atoms with Crippen molar-refractivity contribution in [1.82, 2.24) is 9.66 Å². The fourth-order valence-electron chi connectivity index (χ4n) is 2.47. The minimum absolute atomic E-state index is 0.0807. The molecule has 1 heterocycles. The number of fused-ring (bicyclic) bond motifs is 1. The summed E-state index contributed by atoms with van der Waals surface area (Å²) in [6.07, 6.45) is 1.41. The second-order valence-corrected chi connectivity index (χ2v) is 5.30. The summed E-state index contributed by atoms with van der Waals surface area (Å²) in [7, 11) is 3.02. The van der Waals surface area contributed by atoms with Crippen LogP contribution in [0, 0.1) is 6.92 Å². The summed E-state index contributed by atoms with van der Waals surface area (Å²) in [6.45, 7) is 1.68. The Hall–Kier alpha value is -3.35. The number of nitrogens with zero attached hydrogens (tertiary/aromatic N) is 3. The normalized spacial score (nSPS) is 11.2. The summed E-state index contributed by atoms with van der Waals surface area (Å²) in [6, 6.07) is 9.96. The predicted octanol–water partition coefficient (Wildman–Crippen LogP) is 2.31. The molecular formula is C18H17N3O4. The number of ether oxygens (including phenoxy) is 2. The Morgan fingerprint density at radius 1 is 1.16 bits per heavy atom. The minimum Gasteiger partial charge on any atom is -0.507 e. The summed E-state index contributed by atoms with van der Waals surface area (Å²) in [4.78, 5) is 17.2. The SMILES string of the molecule is COc1cc2nc(C)n(N=Cc3ccccc3O)c(=O)c2cc1OC. The molecule has 0 aliphatic rings. The summed E-state index contributed by atoms with van der Waals surface area (Å²) in [5.74, 6) is 1.43. The fourth-order valence-corrected chi connectivity index (χ4v) is 2.47. The molecule has 0 amide bonds. The smallest absolute Gasteiger partial charge is 0.282 e. The highest BCUT2D eigenvalue weighted by Crippen LogP contribution is 2.30. The van der Waals surface area contributed by atoms with Crippen molar-refractivity contribution in [3.05, 3.63) is 58.1 Å². The van der Waals surface area contributed by atoms with Gasteiger partial charge in [-0.25, -0.2) is 4.98 Å². The highest BCUT2D eigenvalue weighted by Gasteiger charge is 2.13. The van der Waals surface area contributed by atoms with Gasteiger partial charge in [0.1, 0.15) is 11.6 Å². The van der Waals surface area contributed by atoms with Crippen LogP contribution in [-0.2, 0) is 0 Å². The summed E-state index contributed by atoms with van der Waals surface area (Å²) >= 11 is 0. The molecule has 0 radical (unpaired) electrons. The first-order valence-electron chi connectivity index (χ1n) is 7.53. The maximum Gasteiger partial charge on any atom is 0.282 e. The number of methoxy groups -OCH3 is 2. The van der Waals surface area contributed by atoms with Crippen molar-refractivity contribution in [3.8, 4) is 17.2 Å². The molecule has 0 saturated heterocycles. The maximum absolute atomic E-state index is 12.8. The van der Waals surface area contributed by atoms with Crippen molar-refractivity contribution in [2.45, 2.75) is 6.92 Å². The van der Waals surface area contributed by atoms with E-state index in [9.17, 15) is 9.90 Å². The third-order valence-electron chi connectivity index (χ3n) is 3.76. The Morgan fingerprint density at radius 3 is 2.52 bits per heavy atom. The molecule has 0 saturated carbocycles. The number of phenols is 1. The average molecular weight is 339 g/mol. The Bertz CT molecular complexity index is 1020. The number of aromatic hydroxyl groups is 1. The largest absolute Gasteiger partial charge is 0.507 e. The number of rotatable bonds is 4. The van der Waals surface area contributed by atoms with Crippen LogP contribution in [0.1, 0.15) is 11.4 Å². The van der Waals surface area contributed by atoms with Gasteiger partial charge in [-0.3, -0.25) is 4.79 Å². The number of aromatic nitrogens is 2. The Balaban J connectivity index is 2.16. The van der Waals surface area contributed by atoms with Gasteiger partial charge in [-0.1, -0.05) is 12.1 Å². The van der Waals surface area contributed by atoms with Crippen molar-refractivity contribution >= 4 is 17.1 Å². The van der Waals surface area contributed by atoms with Gasteiger partial charge in [-0.2, -0.15) is 9.78 Å². The van der Waals surface area contributed by atoms with E-state index in [1.807, 2.05) is 0 Å². The van der Waals surface area contributed by atoms with E-state index < -0.39 is 0 Å². The molecule has 128 valence electrons. The molecule has 1 aromatic heterocycles. The predicted molar refractivity (Wildman–Crippen MR) is 94.9 cm³/mol. The Labute approximate surface area is 143 Å². The van der Waals surface area contributed by atoms with Crippen LogP contribution >= 0.6 is 0 Å². The highest BCUT2D eigenvalue weighted by atomic mass is 16.5. The van der Waals surface area contributed by atoms with Crippen LogP contribution in [-0.4, -0.2) is 35.2 Å². The lowest BCUT2D eigenvalue weighted by atomic mass is 10.2. The lowest BCUT2D eigenvalue weighted by Gasteiger charge is -2.10. The second kappa shape index (κ2) is 6.64. The molecule has 0 aliphatic heterocycles. The summed E-state index contributed by atoms with van der Waals surface area (Å²) in [5, 5.41) is 14.3. The van der Waals surface area contributed by atoms with Crippen LogP contribution in [0.25, 0.3) is 10.9 Å². The van der Waals surface area contributed by atoms with Crippen molar-refractivity contribution < 1.29 is 14.6 Å². The number of aryl methyl sites for hydroxylation is 1. The van der Waals surface area contributed by atoms with Crippen LogP contribution in [0.4, 0.5) is 0 Å². The van der Waals surface area contributed by atoms with Crippen LogP contribution in [0.5, 0.6) is 17.2 Å². The molecule has 3 rings (SSSR count). The lowest BCUT2D eigenvalue weighted by Crippen LogP contribution is -2.20. The third kappa shape index (κ3) is 3.03.